The minimum Gasteiger partial charge on any atom is -0.462 e. The highest BCUT2D eigenvalue weighted by Gasteiger charge is 2.15. The van der Waals surface area contributed by atoms with Crippen molar-refractivity contribution in [2.45, 2.75) is 19.6 Å². The zero-order chi connectivity index (χ0) is 10.1. The van der Waals surface area contributed by atoms with Gasteiger partial charge >= 0.3 is 0 Å². The summed E-state index contributed by atoms with van der Waals surface area (Å²) in [6.07, 6.45) is 0. The molecular weight excluding hydrogens is 211 g/mol. The maximum Gasteiger partial charge on any atom is 0.202 e. The summed E-state index contributed by atoms with van der Waals surface area (Å²) in [7, 11) is 0. The van der Waals surface area contributed by atoms with E-state index in [1.807, 2.05) is 0 Å². The van der Waals surface area contributed by atoms with Gasteiger partial charge in [0.15, 0.2) is 0 Å². The van der Waals surface area contributed by atoms with Gasteiger partial charge in [0.05, 0.1) is 5.02 Å². The van der Waals surface area contributed by atoms with Gasteiger partial charge in [0.25, 0.3) is 0 Å². The van der Waals surface area contributed by atoms with Gasteiger partial charge in [-0.2, -0.15) is 0 Å². The molecule has 4 heteroatoms. The van der Waals surface area contributed by atoms with E-state index in [-0.39, 0.29) is 0 Å². The van der Waals surface area contributed by atoms with E-state index < -0.39 is 5.79 Å². The lowest BCUT2D eigenvalue weighted by atomic mass is 10.3. The normalized spacial score (nSPS) is 11.5. The van der Waals surface area contributed by atoms with Gasteiger partial charge in [0, 0.05) is 18.9 Å². The molecule has 0 aromatic heterocycles. The lowest BCUT2D eigenvalue weighted by Gasteiger charge is -2.20. The Hall–Kier alpha value is -0.440. The van der Waals surface area contributed by atoms with Gasteiger partial charge in [0.1, 0.15) is 5.75 Å². The van der Waals surface area contributed by atoms with Crippen molar-refractivity contribution in [1.82, 2.24) is 0 Å². The number of hydrogen-bond donors (Lipinski definition) is 1. The molecule has 1 aromatic rings. The molecular formula is C9H10Cl2O2. The highest BCUT2D eigenvalue weighted by Crippen LogP contribution is 2.29. The van der Waals surface area contributed by atoms with Crippen LogP contribution < -0.4 is 4.74 Å². The van der Waals surface area contributed by atoms with Gasteiger partial charge in [0.2, 0.25) is 5.79 Å². The van der Waals surface area contributed by atoms with Crippen LogP contribution in [0.3, 0.4) is 0 Å². The summed E-state index contributed by atoms with van der Waals surface area (Å²) in [6, 6.07) is 4.82. The van der Waals surface area contributed by atoms with Gasteiger partial charge < -0.3 is 9.84 Å². The Morgan fingerprint density at radius 1 is 1.31 bits per heavy atom. The van der Waals surface area contributed by atoms with Crippen molar-refractivity contribution in [2.75, 3.05) is 0 Å². The van der Waals surface area contributed by atoms with Crippen LogP contribution in [0.2, 0.25) is 10.0 Å². The highest BCUT2D eigenvalue weighted by molar-refractivity contribution is 6.35. The molecule has 0 fully saturated rings. The third-order valence-corrected chi connectivity index (χ3v) is 1.78. The standard InChI is InChI=1S/C9H10Cl2O2/c1-9(2,12)13-8-4-3-6(10)5-7(8)11/h3-5,12H,1-2H3. The van der Waals surface area contributed by atoms with Crippen LogP contribution in [0, 0.1) is 0 Å². The second kappa shape index (κ2) is 3.74. The minimum atomic E-state index is -1.24. The number of rotatable bonds is 2. The molecule has 13 heavy (non-hydrogen) atoms. The average molecular weight is 221 g/mol. The summed E-state index contributed by atoms with van der Waals surface area (Å²) in [5, 5.41) is 10.3. The van der Waals surface area contributed by atoms with E-state index in [0.29, 0.717) is 15.8 Å². The van der Waals surface area contributed by atoms with E-state index in [4.69, 9.17) is 27.9 Å². The third-order valence-electron chi connectivity index (χ3n) is 1.25. The molecule has 1 aromatic carbocycles. The number of halogens is 2. The molecule has 0 bridgehead atoms. The third kappa shape index (κ3) is 3.43. The molecule has 1 N–H and O–H groups in total. The molecule has 0 unspecified atom stereocenters. The summed E-state index contributed by atoms with van der Waals surface area (Å²) in [5.41, 5.74) is 0. The molecule has 2 nitrogen and oxygen atoms in total. The highest BCUT2D eigenvalue weighted by atomic mass is 35.5. The van der Waals surface area contributed by atoms with Crippen LogP contribution in [0.4, 0.5) is 0 Å². The molecule has 0 saturated carbocycles. The van der Waals surface area contributed by atoms with Crippen molar-refractivity contribution in [3.8, 4) is 5.75 Å². The first-order valence-corrected chi connectivity index (χ1v) is 4.50. The first-order chi connectivity index (χ1) is 5.88. The number of benzene rings is 1. The molecule has 0 aliphatic carbocycles. The molecule has 0 radical (unpaired) electrons. The minimum absolute atomic E-state index is 0.384. The largest absolute Gasteiger partial charge is 0.462 e. The summed E-state index contributed by atoms with van der Waals surface area (Å²) < 4.78 is 5.15. The smallest absolute Gasteiger partial charge is 0.202 e. The van der Waals surface area contributed by atoms with Gasteiger partial charge in [-0.05, 0) is 18.2 Å². The van der Waals surface area contributed by atoms with Crippen molar-refractivity contribution in [1.29, 1.82) is 0 Å². The van der Waals surface area contributed by atoms with Crippen molar-refractivity contribution in [3.63, 3.8) is 0 Å². The van der Waals surface area contributed by atoms with E-state index in [1.165, 1.54) is 13.8 Å². The average Bonchev–Trinajstić information content (AvgIpc) is 1.93. The number of ether oxygens (including phenoxy) is 1. The summed E-state index contributed by atoms with van der Waals surface area (Å²) in [6.45, 7) is 3.05. The number of hydrogen-bond acceptors (Lipinski definition) is 2. The molecule has 0 heterocycles. The molecule has 0 amide bonds. The Kier molecular flexibility index (Phi) is 3.06. The predicted molar refractivity (Wildman–Crippen MR) is 53.4 cm³/mol. The molecule has 1 rings (SSSR count). The summed E-state index contributed by atoms with van der Waals surface area (Å²) in [5.74, 6) is -0.823. The summed E-state index contributed by atoms with van der Waals surface area (Å²) in [4.78, 5) is 0. The van der Waals surface area contributed by atoms with Crippen LogP contribution in [-0.2, 0) is 0 Å². The summed E-state index contributed by atoms with van der Waals surface area (Å²) >= 11 is 11.5. The SMILES string of the molecule is CC(C)(O)Oc1ccc(Cl)cc1Cl. The van der Waals surface area contributed by atoms with E-state index >= 15 is 0 Å². The van der Waals surface area contributed by atoms with Gasteiger partial charge in [-0.25, -0.2) is 0 Å². The Bertz CT molecular complexity index is 305. The fraction of sp³-hybridized carbons (Fsp3) is 0.333. The monoisotopic (exact) mass is 220 g/mol. The Balaban J connectivity index is 2.90. The fourth-order valence-corrected chi connectivity index (χ4v) is 1.27. The van der Waals surface area contributed by atoms with E-state index in [9.17, 15) is 5.11 Å². The second-order valence-corrected chi connectivity index (χ2v) is 3.97. The first-order valence-electron chi connectivity index (χ1n) is 3.75. The molecule has 0 atom stereocenters. The van der Waals surface area contributed by atoms with Gasteiger partial charge in [-0.15, -0.1) is 0 Å². The van der Waals surface area contributed by atoms with Crippen LogP contribution in [0.5, 0.6) is 5.75 Å². The maximum absolute atomic E-state index is 9.35. The number of aliphatic hydroxyl groups is 1. The topological polar surface area (TPSA) is 29.5 Å². The zero-order valence-corrected chi connectivity index (χ0v) is 8.86. The molecule has 0 spiro atoms. The maximum atomic E-state index is 9.35. The Morgan fingerprint density at radius 2 is 1.92 bits per heavy atom. The molecule has 72 valence electrons. The van der Waals surface area contributed by atoms with Crippen LogP contribution in [-0.4, -0.2) is 10.9 Å². The lowest BCUT2D eigenvalue weighted by molar-refractivity contribution is -0.104. The molecule has 0 aliphatic heterocycles. The quantitative estimate of drug-likeness (QED) is 0.777. The lowest BCUT2D eigenvalue weighted by Crippen LogP contribution is -2.27. The van der Waals surface area contributed by atoms with Crippen LogP contribution in [0.25, 0.3) is 0 Å². The van der Waals surface area contributed by atoms with Crippen LogP contribution in [0.1, 0.15) is 13.8 Å². The van der Waals surface area contributed by atoms with Crippen LogP contribution >= 0.6 is 23.2 Å². The van der Waals surface area contributed by atoms with E-state index in [2.05, 4.69) is 0 Å². The Labute approximate surface area is 87.0 Å². The van der Waals surface area contributed by atoms with Crippen molar-refractivity contribution < 1.29 is 9.84 Å². The van der Waals surface area contributed by atoms with E-state index in [1.54, 1.807) is 18.2 Å². The van der Waals surface area contributed by atoms with Gasteiger partial charge in [-0.3, -0.25) is 0 Å². The Morgan fingerprint density at radius 3 is 2.38 bits per heavy atom. The van der Waals surface area contributed by atoms with Crippen molar-refractivity contribution in [3.05, 3.63) is 28.2 Å². The zero-order valence-electron chi connectivity index (χ0n) is 7.34. The molecule has 0 aliphatic rings. The fourth-order valence-electron chi connectivity index (χ4n) is 0.827. The van der Waals surface area contributed by atoms with Crippen LogP contribution in [0.15, 0.2) is 18.2 Å². The van der Waals surface area contributed by atoms with E-state index in [0.717, 1.165) is 0 Å². The first kappa shape index (κ1) is 10.6. The predicted octanol–water partition coefficient (Wildman–Crippen LogP) is 3.10. The van der Waals surface area contributed by atoms with Crippen molar-refractivity contribution >= 4 is 23.2 Å². The molecule has 0 saturated heterocycles. The van der Waals surface area contributed by atoms with Crippen molar-refractivity contribution in [2.24, 2.45) is 0 Å². The second-order valence-electron chi connectivity index (χ2n) is 3.12. The van der Waals surface area contributed by atoms with Gasteiger partial charge in [-0.1, -0.05) is 23.2 Å².